The minimum Gasteiger partial charge on any atom is -0.465 e. The van der Waals surface area contributed by atoms with Crippen LogP contribution in [0.25, 0.3) is 0 Å². The van der Waals surface area contributed by atoms with Gasteiger partial charge in [-0.1, -0.05) is 19.8 Å². The maximum atomic E-state index is 11.8. The van der Waals surface area contributed by atoms with Crippen LogP contribution in [0.3, 0.4) is 0 Å². The Morgan fingerprint density at radius 1 is 0.957 bits per heavy atom. The summed E-state index contributed by atoms with van der Waals surface area (Å²) in [7, 11) is 2.47. The molecule has 23 heavy (non-hydrogen) atoms. The van der Waals surface area contributed by atoms with Crippen molar-refractivity contribution in [2.24, 2.45) is 0 Å². The maximum absolute atomic E-state index is 11.8. The summed E-state index contributed by atoms with van der Waals surface area (Å²) in [6.45, 7) is 2.63. The third-order valence-corrected chi connectivity index (χ3v) is 3.10. The van der Waals surface area contributed by atoms with E-state index in [1.807, 2.05) is 0 Å². The minimum atomic E-state index is -0.609. The van der Waals surface area contributed by atoms with E-state index in [-0.39, 0.29) is 11.1 Å². The first kappa shape index (κ1) is 18.5. The predicted molar refractivity (Wildman–Crippen MR) is 85.7 cm³/mol. The molecular weight excluding hydrogens is 300 g/mol. The maximum Gasteiger partial charge on any atom is 0.337 e. The predicted octanol–water partition coefficient (Wildman–Crippen LogP) is 2.57. The molecule has 1 aromatic rings. The number of benzene rings is 1. The molecule has 1 rings (SSSR count). The fourth-order valence-corrected chi connectivity index (χ4v) is 1.92. The van der Waals surface area contributed by atoms with Gasteiger partial charge in [0.2, 0.25) is 0 Å². The number of methoxy groups -OCH3 is 2. The van der Waals surface area contributed by atoms with Crippen LogP contribution < -0.4 is 10.6 Å². The van der Waals surface area contributed by atoms with E-state index in [2.05, 4.69) is 27.0 Å². The fourth-order valence-electron chi connectivity index (χ4n) is 1.92. The second-order valence-electron chi connectivity index (χ2n) is 4.87. The van der Waals surface area contributed by atoms with E-state index >= 15 is 0 Å². The van der Waals surface area contributed by atoms with Crippen molar-refractivity contribution in [3.05, 3.63) is 29.3 Å². The Labute approximate surface area is 135 Å². The van der Waals surface area contributed by atoms with Gasteiger partial charge in [-0.05, 0) is 24.6 Å². The summed E-state index contributed by atoms with van der Waals surface area (Å²) < 4.78 is 9.27. The second kappa shape index (κ2) is 9.45. The van der Waals surface area contributed by atoms with Crippen molar-refractivity contribution in [2.45, 2.75) is 26.2 Å². The Morgan fingerprint density at radius 3 is 2.00 bits per heavy atom. The number of rotatable bonds is 7. The molecule has 126 valence electrons. The molecule has 0 aromatic heterocycles. The number of hydrogen-bond donors (Lipinski definition) is 2. The Balaban J connectivity index is 2.85. The van der Waals surface area contributed by atoms with E-state index < -0.39 is 18.0 Å². The van der Waals surface area contributed by atoms with Gasteiger partial charge in [0, 0.05) is 12.2 Å². The summed E-state index contributed by atoms with van der Waals surface area (Å²) in [5.74, 6) is -1.22. The number of nitrogens with one attached hydrogen (secondary N) is 2. The van der Waals surface area contributed by atoms with E-state index in [0.29, 0.717) is 12.2 Å². The second-order valence-corrected chi connectivity index (χ2v) is 4.87. The van der Waals surface area contributed by atoms with Gasteiger partial charge >= 0.3 is 18.0 Å². The van der Waals surface area contributed by atoms with Gasteiger partial charge in [-0.2, -0.15) is 0 Å². The summed E-state index contributed by atoms with van der Waals surface area (Å²) in [5, 5.41) is 5.30. The molecule has 0 radical (unpaired) electrons. The number of ether oxygens (including phenoxy) is 2. The average molecular weight is 322 g/mol. The number of carbonyl (C=O) groups is 3. The molecular formula is C16H22N2O5. The molecule has 0 fully saturated rings. The van der Waals surface area contributed by atoms with Crippen molar-refractivity contribution in [2.75, 3.05) is 26.1 Å². The molecule has 0 unspecified atom stereocenters. The van der Waals surface area contributed by atoms with Crippen LogP contribution >= 0.6 is 0 Å². The molecule has 2 amide bonds. The number of carbonyl (C=O) groups excluding carboxylic acids is 3. The Bertz CT molecular complexity index is 537. The molecule has 0 saturated heterocycles. The summed E-state index contributed by atoms with van der Waals surface area (Å²) in [6, 6.07) is 3.81. The zero-order valence-corrected chi connectivity index (χ0v) is 13.6. The first-order valence-corrected chi connectivity index (χ1v) is 7.38. The van der Waals surface area contributed by atoms with Crippen molar-refractivity contribution in [1.29, 1.82) is 0 Å². The third kappa shape index (κ3) is 5.98. The van der Waals surface area contributed by atoms with E-state index in [9.17, 15) is 14.4 Å². The van der Waals surface area contributed by atoms with Crippen LogP contribution in [-0.2, 0) is 9.47 Å². The standard InChI is InChI=1S/C16H22N2O5/c1-4-5-6-7-17-16(21)18-13-9-11(14(19)22-2)8-12(10-13)15(20)23-3/h8-10H,4-7H2,1-3H3,(H2,17,18,21). The molecule has 0 bridgehead atoms. The van der Waals surface area contributed by atoms with Crippen LogP contribution in [0.15, 0.2) is 18.2 Å². The topological polar surface area (TPSA) is 93.7 Å². The molecule has 0 heterocycles. The van der Waals surface area contributed by atoms with Crippen LogP contribution in [0.1, 0.15) is 46.9 Å². The Hall–Kier alpha value is -2.57. The zero-order valence-electron chi connectivity index (χ0n) is 13.6. The molecule has 0 aliphatic carbocycles. The number of urea groups is 1. The van der Waals surface area contributed by atoms with Crippen LogP contribution in [0.2, 0.25) is 0 Å². The molecule has 0 aliphatic heterocycles. The highest BCUT2D eigenvalue weighted by molar-refractivity contribution is 5.99. The van der Waals surface area contributed by atoms with E-state index in [1.165, 1.54) is 32.4 Å². The van der Waals surface area contributed by atoms with Gasteiger partial charge in [0.05, 0.1) is 25.3 Å². The fraction of sp³-hybridized carbons (Fsp3) is 0.438. The van der Waals surface area contributed by atoms with Crippen LogP contribution in [0.4, 0.5) is 10.5 Å². The van der Waals surface area contributed by atoms with Crippen LogP contribution in [0.5, 0.6) is 0 Å². The monoisotopic (exact) mass is 322 g/mol. The van der Waals surface area contributed by atoms with Gasteiger partial charge in [-0.3, -0.25) is 0 Å². The lowest BCUT2D eigenvalue weighted by molar-refractivity contribution is 0.0599. The smallest absolute Gasteiger partial charge is 0.337 e. The molecule has 7 heteroatoms. The highest BCUT2D eigenvalue weighted by atomic mass is 16.5. The van der Waals surface area contributed by atoms with Gasteiger partial charge in [0.1, 0.15) is 0 Å². The first-order valence-electron chi connectivity index (χ1n) is 7.38. The molecule has 0 spiro atoms. The zero-order chi connectivity index (χ0) is 17.2. The molecule has 0 saturated carbocycles. The normalized spacial score (nSPS) is 9.87. The van der Waals surface area contributed by atoms with Gasteiger partial charge in [0.25, 0.3) is 0 Å². The Kier molecular flexibility index (Phi) is 7.59. The number of unbranched alkanes of at least 4 members (excludes halogenated alkanes) is 2. The number of anilines is 1. The van der Waals surface area contributed by atoms with Crippen molar-refractivity contribution < 1.29 is 23.9 Å². The molecule has 7 nitrogen and oxygen atoms in total. The summed E-state index contributed by atoms with van der Waals surface area (Å²) in [4.78, 5) is 35.1. The van der Waals surface area contributed by atoms with E-state index in [4.69, 9.17) is 0 Å². The van der Waals surface area contributed by atoms with Crippen LogP contribution in [-0.4, -0.2) is 38.7 Å². The third-order valence-electron chi connectivity index (χ3n) is 3.10. The van der Waals surface area contributed by atoms with Crippen molar-refractivity contribution in [3.63, 3.8) is 0 Å². The largest absolute Gasteiger partial charge is 0.465 e. The van der Waals surface area contributed by atoms with Gasteiger partial charge in [-0.15, -0.1) is 0 Å². The number of esters is 2. The van der Waals surface area contributed by atoms with Crippen molar-refractivity contribution >= 4 is 23.7 Å². The van der Waals surface area contributed by atoms with Gasteiger partial charge in [-0.25, -0.2) is 14.4 Å². The van der Waals surface area contributed by atoms with Crippen LogP contribution in [0, 0.1) is 0 Å². The van der Waals surface area contributed by atoms with Gasteiger partial charge < -0.3 is 20.1 Å². The van der Waals surface area contributed by atoms with Gasteiger partial charge in [0.15, 0.2) is 0 Å². The molecule has 0 atom stereocenters. The quantitative estimate of drug-likeness (QED) is 0.594. The lowest BCUT2D eigenvalue weighted by Gasteiger charge is -2.10. The average Bonchev–Trinajstić information content (AvgIpc) is 2.56. The number of hydrogen-bond acceptors (Lipinski definition) is 5. The minimum absolute atomic E-state index is 0.150. The molecule has 0 aliphatic rings. The highest BCUT2D eigenvalue weighted by Gasteiger charge is 2.14. The summed E-state index contributed by atoms with van der Waals surface area (Å²) >= 11 is 0. The van der Waals surface area contributed by atoms with Crippen molar-refractivity contribution in [3.8, 4) is 0 Å². The summed E-state index contributed by atoms with van der Waals surface area (Å²) in [6.07, 6.45) is 2.98. The van der Waals surface area contributed by atoms with E-state index in [0.717, 1.165) is 19.3 Å². The van der Waals surface area contributed by atoms with E-state index in [1.54, 1.807) is 0 Å². The molecule has 2 N–H and O–H groups in total. The number of amides is 2. The lowest BCUT2D eigenvalue weighted by Crippen LogP contribution is -2.29. The SMILES string of the molecule is CCCCCNC(=O)Nc1cc(C(=O)OC)cc(C(=O)OC)c1. The van der Waals surface area contributed by atoms with Crippen molar-refractivity contribution in [1.82, 2.24) is 5.32 Å². The summed E-state index contributed by atoms with van der Waals surface area (Å²) in [5.41, 5.74) is 0.606. The highest BCUT2D eigenvalue weighted by Crippen LogP contribution is 2.17. The Morgan fingerprint density at radius 2 is 1.52 bits per heavy atom. The first-order chi connectivity index (χ1) is 11.0. The lowest BCUT2D eigenvalue weighted by atomic mass is 10.1. The molecule has 1 aromatic carbocycles.